The van der Waals surface area contributed by atoms with Gasteiger partial charge in [-0.2, -0.15) is 0 Å². The van der Waals surface area contributed by atoms with Gasteiger partial charge in [0.2, 0.25) is 5.78 Å². The Hall–Kier alpha value is -1.80. The number of carbonyl (C=O) groups is 2. The number of esters is 1. The molecule has 26 heavy (non-hydrogen) atoms. The smallest absolute Gasteiger partial charge is 0.343 e. The zero-order valence-corrected chi connectivity index (χ0v) is 16.6. The van der Waals surface area contributed by atoms with Crippen molar-refractivity contribution in [2.45, 2.75) is 26.8 Å². The van der Waals surface area contributed by atoms with Gasteiger partial charge in [0.05, 0.1) is 29.3 Å². The van der Waals surface area contributed by atoms with Crippen LogP contribution in [0.4, 0.5) is 8.78 Å². The molecule has 0 amide bonds. The quantitative estimate of drug-likeness (QED) is 0.170. The summed E-state index contributed by atoms with van der Waals surface area (Å²) >= 11 is 2.90. The van der Waals surface area contributed by atoms with Crippen molar-refractivity contribution in [3.63, 3.8) is 0 Å². The summed E-state index contributed by atoms with van der Waals surface area (Å²) in [6, 6.07) is 1.18. The van der Waals surface area contributed by atoms with Crippen LogP contribution in [0.3, 0.4) is 0 Å². The van der Waals surface area contributed by atoms with Crippen LogP contribution in [0.1, 0.15) is 31.1 Å². The first-order chi connectivity index (χ1) is 12.1. The van der Waals surface area contributed by atoms with Gasteiger partial charge in [0, 0.05) is 19.3 Å². The number of aliphatic hydroxyl groups is 1. The summed E-state index contributed by atoms with van der Waals surface area (Å²) in [6.07, 6.45) is 1.22. The molecule has 1 atom stereocenters. The van der Waals surface area contributed by atoms with Crippen LogP contribution >= 0.6 is 15.9 Å². The number of hydrogen-bond acceptors (Lipinski definition) is 5. The molecule has 5 nitrogen and oxygen atoms in total. The Morgan fingerprint density at radius 1 is 1.31 bits per heavy atom. The second-order valence-corrected chi connectivity index (χ2v) is 6.85. The van der Waals surface area contributed by atoms with Crippen molar-refractivity contribution < 1.29 is 28.2 Å². The van der Waals surface area contributed by atoms with Gasteiger partial charge in [-0.05, 0) is 34.8 Å². The molecule has 144 valence electrons. The molecule has 0 aliphatic carbocycles. The molecule has 1 aromatic rings. The number of halogens is 3. The molecule has 8 heteroatoms. The Morgan fingerprint density at radius 3 is 2.42 bits per heavy atom. The molecular formula is C18H22BrF2NO4. The minimum absolute atomic E-state index is 0.0242. The van der Waals surface area contributed by atoms with E-state index < -0.39 is 34.5 Å². The first-order valence-electron chi connectivity index (χ1n) is 8.04. The van der Waals surface area contributed by atoms with Crippen LogP contribution in [0.15, 0.2) is 28.4 Å². The van der Waals surface area contributed by atoms with E-state index in [1.807, 2.05) is 13.8 Å². The summed E-state index contributed by atoms with van der Waals surface area (Å²) < 4.78 is 32.3. The van der Waals surface area contributed by atoms with Gasteiger partial charge in [-0.1, -0.05) is 13.8 Å². The van der Waals surface area contributed by atoms with Crippen LogP contribution in [-0.2, 0) is 9.53 Å². The van der Waals surface area contributed by atoms with Crippen molar-refractivity contribution in [1.29, 1.82) is 0 Å². The molecule has 0 saturated heterocycles. The van der Waals surface area contributed by atoms with Crippen molar-refractivity contribution in [2.24, 2.45) is 5.92 Å². The fraction of sp³-hybridized carbons (Fsp3) is 0.444. The lowest BCUT2D eigenvalue weighted by molar-refractivity contribution is -0.138. The number of nitrogens with zero attached hydrogens (tertiary/aromatic N) is 1. The zero-order valence-electron chi connectivity index (χ0n) is 15.1. The predicted molar refractivity (Wildman–Crippen MR) is 96.6 cm³/mol. The van der Waals surface area contributed by atoms with Crippen molar-refractivity contribution in [1.82, 2.24) is 4.90 Å². The van der Waals surface area contributed by atoms with Gasteiger partial charge in [-0.15, -0.1) is 0 Å². The maximum Gasteiger partial charge on any atom is 0.343 e. The largest absolute Gasteiger partial charge is 0.462 e. The average molecular weight is 434 g/mol. The van der Waals surface area contributed by atoms with Crippen molar-refractivity contribution in [2.75, 3.05) is 20.3 Å². The Balaban J connectivity index is 3.38. The number of ketones is 1. The topological polar surface area (TPSA) is 66.8 Å². The average Bonchev–Trinajstić information content (AvgIpc) is 2.55. The fourth-order valence-electron chi connectivity index (χ4n) is 2.36. The normalized spacial score (nSPS) is 12.9. The van der Waals surface area contributed by atoms with E-state index in [2.05, 4.69) is 15.9 Å². The van der Waals surface area contributed by atoms with Crippen LogP contribution < -0.4 is 0 Å². The van der Waals surface area contributed by atoms with E-state index in [1.165, 1.54) is 11.1 Å². The van der Waals surface area contributed by atoms with E-state index in [0.717, 1.165) is 6.07 Å². The highest BCUT2D eigenvalue weighted by Gasteiger charge is 2.27. The maximum atomic E-state index is 14.1. The fourth-order valence-corrected chi connectivity index (χ4v) is 2.71. The molecule has 0 aliphatic rings. The number of likely N-dealkylation sites (N-methyl/N-ethyl adjacent to an activating group) is 1. The standard InChI is InChI=1S/C18H22BrF2NO4/c1-5-26-18(25)12(8-22(4)16(9-23)10(2)3)17(24)11-6-13(19)15(21)7-14(11)20/h6-8,10,16,23H,5,9H2,1-4H3. The molecule has 0 radical (unpaired) electrons. The predicted octanol–water partition coefficient (Wildman–Crippen LogP) is 3.31. The van der Waals surface area contributed by atoms with Gasteiger partial charge < -0.3 is 14.7 Å². The van der Waals surface area contributed by atoms with Crippen molar-refractivity contribution in [3.8, 4) is 0 Å². The van der Waals surface area contributed by atoms with Gasteiger partial charge in [-0.3, -0.25) is 4.79 Å². The number of carbonyl (C=O) groups excluding carboxylic acids is 2. The van der Waals surface area contributed by atoms with Gasteiger partial charge >= 0.3 is 5.97 Å². The number of aliphatic hydroxyl groups excluding tert-OH is 1. The highest BCUT2D eigenvalue weighted by Crippen LogP contribution is 2.23. The lowest BCUT2D eigenvalue weighted by Gasteiger charge is -2.29. The molecule has 0 aliphatic heterocycles. The highest BCUT2D eigenvalue weighted by atomic mass is 79.9. The highest BCUT2D eigenvalue weighted by molar-refractivity contribution is 9.10. The summed E-state index contributed by atoms with van der Waals surface area (Å²) in [5.41, 5.74) is -0.873. The first kappa shape index (κ1) is 22.2. The molecule has 1 unspecified atom stereocenters. The van der Waals surface area contributed by atoms with E-state index in [4.69, 9.17) is 4.74 Å². The Morgan fingerprint density at radius 2 is 1.92 bits per heavy atom. The van der Waals surface area contributed by atoms with E-state index in [0.29, 0.717) is 6.07 Å². The third kappa shape index (κ3) is 5.35. The molecule has 0 fully saturated rings. The molecule has 0 heterocycles. The van der Waals surface area contributed by atoms with E-state index in [9.17, 15) is 23.5 Å². The molecular weight excluding hydrogens is 412 g/mol. The lowest BCUT2D eigenvalue weighted by atomic mass is 10.0. The summed E-state index contributed by atoms with van der Waals surface area (Å²) in [5, 5.41) is 9.51. The molecule has 1 aromatic carbocycles. The molecule has 1 rings (SSSR count). The second kappa shape index (κ2) is 9.78. The van der Waals surface area contributed by atoms with Gasteiger partial charge in [-0.25, -0.2) is 13.6 Å². The third-order valence-corrected chi connectivity index (χ3v) is 4.41. The maximum absolute atomic E-state index is 14.1. The van der Waals surface area contributed by atoms with Gasteiger partial charge in [0.25, 0.3) is 0 Å². The lowest BCUT2D eigenvalue weighted by Crippen LogP contribution is -2.36. The second-order valence-electron chi connectivity index (χ2n) is 6.00. The number of hydrogen-bond donors (Lipinski definition) is 1. The molecule has 0 saturated carbocycles. The van der Waals surface area contributed by atoms with Gasteiger partial charge in [0.15, 0.2) is 0 Å². The zero-order chi connectivity index (χ0) is 20.0. The molecule has 1 N–H and O–H groups in total. The van der Waals surface area contributed by atoms with Crippen LogP contribution in [-0.4, -0.2) is 48.1 Å². The van der Waals surface area contributed by atoms with Crippen LogP contribution in [0.25, 0.3) is 0 Å². The number of rotatable bonds is 8. The Bertz CT molecular complexity index is 707. The number of ether oxygens (including phenoxy) is 1. The molecule has 0 bridgehead atoms. The number of Topliss-reactive ketones (excluding diaryl/α,β-unsaturated/α-hetero) is 1. The van der Waals surface area contributed by atoms with Crippen LogP contribution in [0.2, 0.25) is 0 Å². The van der Waals surface area contributed by atoms with E-state index in [1.54, 1.807) is 14.0 Å². The Kier molecular flexibility index (Phi) is 8.36. The van der Waals surface area contributed by atoms with E-state index >= 15 is 0 Å². The summed E-state index contributed by atoms with van der Waals surface area (Å²) in [6.45, 7) is 5.13. The minimum atomic E-state index is -1.09. The van der Waals surface area contributed by atoms with E-state index in [-0.39, 0.29) is 29.6 Å². The monoisotopic (exact) mass is 433 g/mol. The SMILES string of the molecule is CCOC(=O)C(=CN(C)C(CO)C(C)C)C(=O)c1cc(Br)c(F)cc1F. The Labute approximate surface area is 159 Å². The minimum Gasteiger partial charge on any atom is -0.462 e. The van der Waals surface area contributed by atoms with Gasteiger partial charge in [0.1, 0.15) is 17.2 Å². The first-order valence-corrected chi connectivity index (χ1v) is 8.84. The summed E-state index contributed by atoms with van der Waals surface area (Å²) in [4.78, 5) is 26.5. The van der Waals surface area contributed by atoms with Crippen molar-refractivity contribution in [3.05, 3.63) is 45.6 Å². The summed E-state index contributed by atoms with van der Waals surface area (Å²) in [7, 11) is 1.59. The molecule has 0 spiro atoms. The third-order valence-electron chi connectivity index (χ3n) is 3.81. The van der Waals surface area contributed by atoms with Crippen LogP contribution in [0.5, 0.6) is 0 Å². The summed E-state index contributed by atoms with van der Waals surface area (Å²) in [5.74, 6) is -3.79. The van der Waals surface area contributed by atoms with Crippen LogP contribution in [0, 0.1) is 17.6 Å². The number of benzene rings is 1. The van der Waals surface area contributed by atoms with Crippen molar-refractivity contribution >= 4 is 27.7 Å². The molecule has 0 aromatic heterocycles.